The van der Waals surface area contributed by atoms with E-state index in [-0.39, 0.29) is 23.6 Å². The summed E-state index contributed by atoms with van der Waals surface area (Å²) in [5.74, 6) is -0.864. The highest BCUT2D eigenvalue weighted by Crippen LogP contribution is 2.14. The molecule has 0 aromatic carbocycles. The zero-order valence-corrected chi connectivity index (χ0v) is 17.4. The number of hydrogen-bond donors (Lipinski definition) is 1. The Labute approximate surface area is 160 Å². The Morgan fingerprint density at radius 2 is 2.04 bits per heavy atom. The van der Waals surface area contributed by atoms with Gasteiger partial charge in [0.05, 0.1) is 25.5 Å². The molecular formula is C17H28N4O5S. The van der Waals surface area contributed by atoms with Crippen LogP contribution in [0.5, 0.6) is 0 Å². The molecule has 0 radical (unpaired) electrons. The number of imidazole rings is 1. The fourth-order valence-electron chi connectivity index (χ4n) is 2.37. The van der Waals surface area contributed by atoms with Gasteiger partial charge in [-0.3, -0.25) is 4.79 Å². The van der Waals surface area contributed by atoms with Crippen LogP contribution in [0, 0.1) is 5.92 Å². The van der Waals surface area contributed by atoms with E-state index in [1.807, 2.05) is 13.8 Å². The number of likely N-dealkylation sites (N-methyl/N-ethyl adjacent to an activating group) is 1. The first-order valence-electron chi connectivity index (χ1n) is 8.58. The quantitative estimate of drug-likeness (QED) is 0.482. The van der Waals surface area contributed by atoms with Gasteiger partial charge in [-0.1, -0.05) is 19.9 Å². The summed E-state index contributed by atoms with van der Waals surface area (Å²) in [5.41, 5.74) is 0.393. The van der Waals surface area contributed by atoms with Crippen LogP contribution in [0.2, 0.25) is 0 Å². The molecule has 0 fully saturated rings. The summed E-state index contributed by atoms with van der Waals surface area (Å²) in [6.07, 6.45) is 4.37. The molecule has 0 saturated carbocycles. The van der Waals surface area contributed by atoms with Crippen molar-refractivity contribution in [1.82, 2.24) is 19.2 Å². The maximum absolute atomic E-state index is 12.5. The molecule has 0 bridgehead atoms. The normalized spacial score (nSPS) is 13.5. The Balaban J connectivity index is 2.84. The summed E-state index contributed by atoms with van der Waals surface area (Å²) in [4.78, 5) is 29.5. The van der Waals surface area contributed by atoms with E-state index >= 15 is 0 Å². The number of aryl methyl sites for hydroxylation is 1. The molecule has 0 unspecified atom stereocenters. The fraction of sp³-hybridized carbons (Fsp3) is 0.588. The summed E-state index contributed by atoms with van der Waals surface area (Å²) >= 11 is 0. The van der Waals surface area contributed by atoms with Crippen LogP contribution >= 0.6 is 0 Å². The molecule has 0 saturated heterocycles. The zero-order chi connectivity index (χ0) is 20.8. The second-order valence-electron chi connectivity index (χ2n) is 6.51. The summed E-state index contributed by atoms with van der Waals surface area (Å²) < 4.78 is 33.1. The van der Waals surface area contributed by atoms with Gasteiger partial charge in [-0.05, 0) is 19.8 Å². The Kier molecular flexibility index (Phi) is 8.17. The molecule has 0 aliphatic carbocycles. The lowest BCUT2D eigenvalue weighted by Gasteiger charge is -2.29. The number of esters is 1. The molecule has 0 aliphatic heterocycles. The Morgan fingerprint density at radius 3 is 2.52 bits per heavy atom. The van der Waals surface area contributed by atoms with Crippen molar-refractivity contribution < 1.29 is 22.7 Å². The molecule has 0 aliphatic rings. The van der Waals surface area contributed by atoms with E-state index in [0.29, 0.717) is 5.57 Å². The molecule has 1 heterocycles. The predicted molar refractivity (Wildman–Crippen MR) is 100 cm³/mol. The van der Waals surface area contributed by atoms with Crippen molar-refractivity contribution in [1.29, 1.82) is 0 Å². The lowest BCUT2D eigenvalue weighted by molar-refractivity contribution is -0.138. The molecule has 1 N–H and O–H groups in total. The van der Waals surface area contributed by atoms with Gasteiger partial charge in [0, 0.05) is 25.9 Å². The molecule has 1 aromatic heterocycles. The van der Waals surface area contributed by atoms with E-state index in [1.54, 1.807) is 34.0 Å². The van der Waals surface area contributed by atoms with E-state index in [9.17, 15) is 18.0 Å². The van der Waals surface area contributed by atoms with Crippen LogP contribution in [0.3, 0.4) is 0 Å². The number of ether oxygens (including phenoxy) is 1. The minimum atomic E-state index is -3.88. The molecule has 1 rings (SSSR count). The minimum Gasteiger partial charge on any atom is -0.463 e. The average Bonchev–Trinajstić information content (AvgIpc) is 3.04. The zero-order valence-electron chi connectivity index (χ0n) is 16.6. The number of sulfonamides is 1. The first-order valence-corrected chi connectivity index (χ1v) is 10.1. The van der Waals surface area contributed by atoms with Gasteiger partial charge in [0.25, 0.3) is 10.0 Å². The molecular weight excluding hydrogens is 372 g/mol. The summed E-state index contributed by atoms with van der Waals surface area (Å²) in [5, 5.41) is -0.154. The smallest absolute Gasteiger partial charge is 0.333 e. The van der Waals surface area contributed by atoms with Gasteiger partial charge < -0.3 is 14.2 Å². The third-order valence-electron chi connectivity index (χ3n) is 3.91. The Morgan fingerprint density at radius 1 is 1.41 bits per heavy atom. The van der Waals surface area contributed by atoms with Crippen LogP contribution in [0.4, 0.5) is 0 Å². The van der Waals surface area contributed by atoms with E-state index in [0.717, 1.165) is 0 Å². The molecule has 9 nitrogen and oxygen atoms in total. The third kappa shape index (κ3) is 6.47. The van der Waals surface area contributed by atoms with Crippen molar-refractivity contribution in [2.45, 2.75) is 38.8 Å². The first-order chi connectivity index (χ1) is 12.5. The van der Waals surface area contributed by atoms with Gasteiger partial charge >= 0.3 is 5.97 Å². The summed E-state index contributed by atoms with van der Waals surface area (Å²) in [7, 11) is -0.661. The molecule has 0 spiro atoms. The van der Waals surface area contributed by atoms with Crippen molar-refractivity contribution in [2.75, 3.05) is 20.2 Å². The van der Waals surface area contributed by atoms with E-state index in [1.165, 1.54) is 22.0 Å². The second-order valence-corrected chi connectivity index (χ2v) is 8.23. The summed E-state index contributed by atoms with van der Waals surface area (Å²) in [6, 6.07) is -0.388. The van der Waals surface area contributed by atoms with Gasteiger partial charge in [0.15, 0.2) is 5.03 Å². The van der Waals surface area contributed by atoms with Gasteiger partial charge in [-0.2, -0.15) is 0 Å². The molecule has 1 atom stereocenters. The summed E-state index contributed by atoms with van der Waals surface area (Å²) in [6.45, 7) is 7.00. The lowest BCUT2D eigenvalue weighted by atomic mass is 10.00. The first kappa shape index (κ1) is 22.8. The number of aromatic nitrogens is 2. The van der Waals surface area contributed by atoms with Crippen LogP contribution in [0.1, 0.15) is 27.7 Å². The van der Waals surface area contributed by atoms with E-state index in [2.05, 4.69) is 9.71 Å². The van der Waals surface area contributed by atoms with Crippen LogP contribution in [-0.4, -0.2) is 61.0 Å². The van der Waals surface area contributed by atoms with E-state index < -0.39 is 28.4 Å². The number of nitrogens with zero attached hydrogens (tertiary/aromatic N) is 3. The SMILES string of the molecule is CCOC(=O)/C(C)=C/[C@H](C(C)C)N(C)C(=O)CNS(=O)(=O)c1cn(C)cn1. The molecule has 10 heteroatoms. The van der Waals surface area contributed by atoms with Crippen LogP contribution in [0.25, 0.3) is 0 Å². The molecule has 1 amide bonds. The molecule has 152 valence electrons. The van der Waals surface area contributed by atoms with Crippen molar-refractivity contribution in [2.24, 2.45) is 13.0 Å². The van der Waals surface area contributed by atoms with Crippen molar-refractivity contribution >= 4 is 21.9 Å². The highest BCUT2D eigenvalue weighted by molar-refractivity contribution is 7.89. The van der Waals surface area contributed by atoms with Gasteiger partial charge in [0.2, 0.25) is 5.91 Å². The standard InChI is InChI=1S/C17H28N4O5S/c1-7-26-17(23)13(4)8-14(12(2)3)21(6)16(22)9-19-27(24,25)15-10-20(5)11-18-15/h8,10-12,14,19H,7,9H2,1-6H3/b13-8+/t14-/m1/s1. The second kappa shape index (κ2) is 9.65. The maximum Gasteiger partial charge on any atom is 0.333 e. The monoisotopic (exact) mass is 400 g/mol. The molecule has 1 aromatic rings. The lowest BCUT2D eigenvalue weighted by Crippen LogP contribution is -2.44. The maximum atomic E-state index is 12.5. The predicted octanol–water partition coefficient (Wildman–Crippen LogP) is 0.691. The number of carbonyl (C=O) groups is 2. The highest BCUT2D eigenvalue weighted by atomic mass is 32.2. The number of rotatable bonds is 9. The van der Waals surface area contributed by atoms with Crippen LogP contribution in [-0.2, 0) is 31.4 Å². The van der Waals surface area contributed by atoms with Crippen LogP contribution in [0.15, 0.2) is 29.2 Å². The third-order valence-corrected chi connectivity index (χ3v) is 5.20. The number of hydrogen-bond acceptors (Lipinski definition) is 6. The van der Waals surface area contributed by atoms with Crippen LogP contribution < -0.4 is 4.72 Å². The Hall–Kier alpha value is -2.20. The number of nitrogens with one attached hydrogen (secondary N) is 1. The Bertz CT molecular complexity index is 798. The van der Waals surface area contributed by atoms with E-state index in [4.69, 9.17) is 4.74 Å². The minimum absolute atomic E-state index is 0.00993. The average molecular weight is 401 g/mol. The highest BCUT2D eigenvalue weighted by Gasteiger charge is 2.25. The van der Waals surface area contributed by atoms with Crippen molar-refractivity contribution in [3.8, 4) is 0 Å². The van der Waals surface area contributed by atoms with Gasteiger partial charge in [-0.15, -0.1) is 0 Å². The number of amides is 1. The van der Waals surface area contributed by atoms with Crippen molar-refractivity contribution in [3.05, 3.63) is 24.2 Å². The molecule has 27 heavy (non-hydrogen) atoms. The van der Waals surface area contributed by atoms with Crippen molar-refractivity contribution in [3.63, 3.8) is 0 Å². The van der Waals surface area contributed by atoms with Gasteiger partial charge in [-0.25, -0.2) is 22.9 Å². The van der Waals surface area contributed by atoms with Gasteiger partial charge in [0.1, 0.15) is 0 Å². The largest absolute Gasteiger partial charge is 0.463 e. The number of carbonyl (C=O) groups excluding carboxylic acids is 2. The fourth-order valence-corrected chi connectivity index (χ4v) is 3.32. The topological polar surface area (TPSA) is 111 Å².